The van der Waals surface area contributed by atoms with Crippen LogP contribution in [0, 0.1) is 5.82 Å². The Morgan fingerprint density at radius 2 is 2.20 bits per heavy atom. The molecule has 0 aliphatic heterocycles. The van der Waals surface area contributed by atoms with E-state index in [1.807, 2.05) is 12.1 Å². The minimum absolute atomic E-state index is 0.139. The molecule has 0 unspecified atom stereocenters. The molecule has 0 radical (unpaired) electrons. The number of hydrogen-bond acceptors (Lipinski definition) is 1. The van der Waals surface area contributed by atoms with Gasteiger partial charge in [-0.05, 0) is 38.3 Å². The normalized spacial score (nSPS) is 18.6. The summed E-state index contributed by atoms with van der Waals surface area (Å²) in [5, 5.41) is 3.42. The van der Waals surface area contributed by atoms with Crippen LogP contribution in [-0.2, 0) is 6.54 Å². The maximum atomic E-state index is 13.5. The Hall–Kier alpha value is -0.410. The fraction of sp³-hybridized carbons (Fsp3) is 0.500. The summed E-state index contributed by atoms with van der Waals surface area (Å²) in [4.78, 5) is 0. The Morgan fingerprint density at radius 1 is 1.47 bits per heavy atom. The smallest absolute Gasteiger partial charge is 0.128 e. The molecular formula is C12H15BrFN. The minimum atomic E-state index is -0.139. The maximum absolute atomic E-state index is 13.5. The Balaban J connectivity index is 1.98. The van der Waals surface area contributed by atoms with Crippen molar-refractivity contribution in [3.63, 3.8) is 0 Å². The van der Waals surface area contributed by atoms with Gasteiger partial charge in [-0.3, -0.25) is 0 Å². The van der Waals surface area contributed by atoms with Crippen LogP contribution in [-0.4, -0.2) is 5.54 Å². The molecule has 0 spiro atoms. The molecule has 1 aliphatic rings. The van der Waals surface area contributed by atoms with Gasteiger partial charge in [-0.15, -0.1) is 0 Å². The third-order valence-corrected chi connectivity index (χ3v) is 3.67. The van der Waals surface area contributed by atoms with Crippen molar-refractivity contribution in [1.29, 1.82) is 0 Å². The fourth-order valence-corrected chi connectivity index (χ4v) is 2.19. The van der Waals surface area contributed by atoms with E-state index in [1.165, 1.54) is 25.3 Å². The molecule has 15 heavy (non-hydrogen) atoms. The predicted octanol–water partition coefficient (Wildman–Crippen LogP) is 3.62. The monoisotopic (exact) mass is 271 g/mol. The number of halogens is 2. The molecule has 0 saturated heterocycles. The summed E-state index contributed by atoms with van der Waals surface area (Å²) < 4.78 is 14.3. The molecule has 1 aliphatic carbocycles. The highest BCUT2D eigenvalue weighted by molar-refractivity contribution is 9.10. The Morgan fingerprint density at radius 3 is 2.73 bits per heavy atom. The number of hydrogen-bond donors (Lipinski definition) is 1. The van der Waals surface area contributed by atoms with Gasteiger partial charge in [0.05, 0.1) is 0 Å². The summed E-state index contributed by atoms with van der Waals surface area (Å²) in [7, 11) is 0. The Labute approximate surface area is 98.2 Å². The van der Waals surface area contributed by atoms with Gasteiger partial charge >= 0.3 is 0 Å². The van der Waals surface area contributed by atoms with E-state index in [9.17, 15) is 4.39 Å². The van der Waals surface area contributed by atoms with Crippen LogP contribution in [0.3, 0.4) is 0 Å². The summed E-state index contributed by atoms with van der Waals surface area (Å²) in [6, 6.07) is 5.22. The Bertz CT molecular complexity index is 361. The van der Waals surface area contributed by atoms with E-state index in [0.29, 0.717) is 6.54 Å². The quantitative estimate of drug-likeness (QED) is 0.886. The van der Waals surface area contributed by atoms with Crippen LogP contribution in [0.5, 0.6) is 0 Å². The molecule has 82 valence electrons. The summed E-state index contributed by atoms with van der Waals surface area (Å²) in [6.45, 7) is 2.82. The van der Waals surface area contributed by atoms with Crippen LogP contribution in [0.15, 0.2) is 22.7 Å². The van der Waals surface area contributed by atoms with Gasteiger partial charge in [-0.1, -0.05) is 22.0 Å². The van der Waals surface area contributed by atoms with Gasteiger partial charge in [-0.25, -0.2) is 4.39 Å². The summed E-state index contributed by atoms with van der Waals surface area (Å²) >= 11 is 3.25. The minimum Gasteiger partial charge on any atom is -0.307 e. The highest BCUT2D eigenvalue weighted by atomic mass is 79.9. The van der Waals surface area contributed by atoms with E-state index in [2.05, 4.69) is 28.2 Å². The van der Waals surface area contributed by atoms with Gasteiger partial charge in [0.2, 0.25) is 0 Å². The van der Waals surface area contributed by atoms with Crippen molar-refractivity contribution in [3.8, 4) is 0 Å². The van der Waals surface area contributed by atoms with Crippen molar-refractivity contribution in [2.75, 3.05) is 0 Å². The van der Waals surface area contributed by atoms with Crippen LogP contribution in [0.25, 0.3) is 0 Å². The lowest BCUT2D eigenvalue weighted by Crippen LogP contribution is -2.47. The SMILES string of the molecule is CC1(NCc2ccc(Br)cc2F)CCC1. The largest absolute Gasteiger partial charge is 0.307 e. The molecular weight excluding hydrogens is 257 g/mol. The second-order valence-electron chi connectivity index (χ2n) is 4.50. The first-order chi connectivity index (χ1) is 7.09. The zero-order valence-corrected chi connectivity index (χ0v) is 10.4. The molecule has 0 atom stereocenters. The molecule has 0 heterocycles. The Kier molecular flexibility index (Phi) is 3.12. The third kappa shape index (κ3) is 2.58. The average molecular weight is 272 g/mol. The van der Waals surface area contributed by atoms with Gasteiger partial charge in [-0.2, -0.15) is 0 Å². The second kappa shape index (κ2) is 4.22. The topological polar surface area (TPSA) is 12.0 Å². The van der Waals surface area contributed by atoms with Crippen LogP contribution >= 0.6 is 15.9 Å². The van der Waals surface area contributed by atoms with Crippen LogP contribution in [0.2, 0.25) is 0 Å². The average Bonchev–Trinajstić information content (AvgIpc) is 2.14. The molecule has 1 fully saturated rings. The molecule has 1 nitrogen and oxygen atoms in total. The lowest BCUT2D eigenvalue weighted by molar-refractivity contribution is 0.206. The van der Waals surface area contributed by atoms with Gasteiger partial charge in [0.25, 0.3) is 0 Å². The molecule has 1 aromatic carbocycles. The van der Waals surface area contributed by atoms with Gasteiger partial charge < -0.3 is 5.32 Å². The number of rotatable bonds is 3. The maximum Gasteiger partial charge on any atom is 0.128 e. The summed E-state index contributed by atoms with van der Waals surface area (Å²) in [6.07, 6.45) is 3.68. The predicted molar refractivity (Wildman–Crippen MR) is 63.2 cm³/mol. The van der Waals surface area contributed by atoms with Crippen molar-refractivity contribution in [3.05, 3.63) is 34.1 Å². The van der Waals surface area contributed by atoms with E-state index < -0.39 is 0 Å². The van der Waals surface area contributed by atoms with Crippen molar-refractivity contribution < 1.29 is 4.39 Å². The van der Waals surface area contributed by atoms with Crippen molar-refractivity contribution in [1.82, 2.24) is 5.32 Å². The van der Waals surface area contributed by atoms with Crippen LogP contribution in [0.4, 0.5) is 4.39 Å². The fourth-order valence-electron chi connectivity index (χ4n) is 1.86. The van der Waals surface area contributed by atoms with Gasteiger partial charge in [0.15, 0.2) is 0 Å². The van der Waals surface area contributed by atoms with Crippen LogP contribution in [0.1, 0.15) is 31.7 Å². The van der Waals surface area contributed by atoms with E-state index in [4.69, 9.17) is 0 Å². The van der Waals surface area contributed by atoms with E-state index in [1.54, 1.807) is 0 Å². The standard InChI is InChI=1S/C12H15BrFN/c1-12(5-2-6-12)15-8-9-3-4-10(13)7-11(9)14/h3-4,7,15H,2,5-6,8H2,1H3. The second-order valence-corrected chi connectivity index (χ2v) is 5.42. The van der Waals surface area contributed by atoms with E-state index in [0.717, 1.165) is 10.0 Å². The third-order valence-electron chi connectivity index (χ3n) is 3.18. The molecule has 0 bridgehead atoms. The van der Waals surface area contributed by atoms with E-state index >= 15 is 0 Å². The van der Waals surface area contributed by atoms with Gasteiger partial charge in [0.1, 0.15) is 5.82 Å². The summed E-state index contributed by atoms with van der Waals surface area (Å²) in [5.74, 6) is -0.139. The number of benzene rings is 1. The van der Waals surface area contributed by atoms with Gasteiger partial charge in [0, 0.05) is 22.1 Å². The zero-order valence-electron chi connectivity index (χ0n) is 8.82. The first-order valence-corrected chi connectivity index (χ1v) is 6.07. The van der Waals surface area contributed by atoms with Crippen LogP contribution < -0.4 is 5.32 Å². The highest BCUT2D eigenvalue weighted by Gasteiger charge is 2.30. The lowest BCUT2D eigenvalue weighted by Gasteiger charge is -2.39. The molecule has 3 heteroatoms. The first-order valence-electron chi connectivity index (χ1n) is 5.28. The molecule has 1 N–H and O–H groups in total. The molecule has 2 rings (SSSR count). The highest BCUT2D eigenvalue weighted by Crippen LogP contribution is 2.31. The number of nitrogens with one attached hydrogen (secondary N) is 1. The first kappa shape index (κ1) is 11.1. The molecule has 0 amide bonds. The zero-order chi connectivity index (χ0) is 10.9. The lowest BCUT2D eigenvalue weighted by atomic mass is 9.78. The van der Waals surface area contributed by atoms with Crippen molar-refractivity contribution in [2.24, 2.45) is 0 Å². The molecule has 1 saturated carbocycles. The molecule has 0 aromatic heterocycles. The molecule has 1 aromatic rings. The van der Waals surface area contributed by atoms with Crippen molar-refractivity contribution in [2.45, 2.75) is 38.3 Å². The van der Waals surface area contributed by atoms with Crippen molar-refractivity contribution >= 4 is 15.9 Å². The summed E-state index contributed by atoms with van der Waals surface area (Å²) in [5.41, 5.74) is 0.978. The van der Waals surface area contributed by atoms with E-state index in [-0.39, 0.29) is 11.4 Å².